The maximum Gasteiger partial charge on any atom is 0.407 e. The lowest BCUT2D eigenvalue weighted by atomic mass is 10.1. The molecule has 0 bridgehead atoms. The maximum atomic E-state index is 11.7. The van der Waals surface area contributed by atoms with Gasteiger partial charge in [-0.05, 0) is 80.1 Å². The molecule has 1 aliphatic heterocycles. The van der Waals surface area contributed by atoms with Gasteiger partial charge in [-0.2, -0.15) is 0 Å². The number of likely N-dealkylation sites (tertiary alicyclic amines) is 1. The van der Waals surface area contributed by atoms with Crippen molar-refractivity contribution in [2.24, 2.45) is 0 Å². The molecule has 0 aliphatic carbocycles. The van der Waals surface area contributed by atoms with E-state index in [0.717, 1.165) is 13.0 Å². The van der Waals surface area contributed by atoms with E-state index in [-0.39, 0.29) is 12.1 Å². The van der Waals surface area contributed by atoms with Crippen LogP contribution in [0.3, 0.4) is 0 Å². The van der Waals surface area contributed by atoms with Gasteiger partial charge in [0.05, 0.1) is 0 Å². The van der Waals surface area contributed by atoms with Gasteiger partial charge in [-0.15, -0.1) is 0 Å². The molecular weight excluding hydrogens is 266 g/mol. The predicted octanol–water partition coefficient (Wildman–Crippen LogP) is 2.36. The number of ether oxygens (including phenoxy) is 1. The van der Waals surface area contributed by atoms with Crippen molar-refractivity contribution in [3.8, 4) is 0 Å². The molecule has 5 heteroatoms. The summed E-state index contributed by atoms with van der Waals surface area (Å²) in [6, 6.07) is 0.740. The van der Waals surface area contributed by atoms with Crippen molar-refractivity contribution >= 4 is 6.09 Å². The third-order valence-corrected chi connectivity index (χ3v) is 3.73. The van der Waals surface area contributed by atoms with Crippen LogP contribution in [0, 0.1) is 0 Å². The van der Waals surface area contributed by atoms with Crippen molar-refractivity contribution < 1.29 is 9.53 Å². The number of nitrogens with zero attached hydrogens (tertiary/aromatic N) is 1. The van der Waals surface area contributed by atoms with Crippen molar-refractivity contribution in [2.45, 2.75) is 71.1 Å². The van der Waals surface area contributed by atoms with E-state index in [1.807, 2.05) is 27.7 Å². The number of alkyl carbamates (subject to hydrolysis) is 1. The largest absolute Gasteiger partial charge is 0.444 e. The Morgan fingerprint density at radius 1 is 1.33 bits per heavy atom. The molecule has 1 aliphatic rings. The van der Waals surface area contributed by atoms with E-state index in [9.17, 15) is 4.79 Å². The van der Waals surface area contributed by atoms with Crippen molar-refractivity contribution in [1.82, 2.24) is 15.5 Å². The van der Waals surface area contributed by atoms with E-state index in [4.69, 9.17) is 4.74 Å². The Bertz CT molecular complexity index is 315. The van der Waals surface area contributed by atoms with Gasteiger partial charge in [0.25, 0.3) is 0 Å². The number of carbonyl (C=O) groups excluding carboxylic acids is 1. The summed E-state index contributed by atoms with van der Waals surface area (Å²) in [7, 11) is 2.19. The Balaban J connectivity index is 2.15. The van der Waals surface area contributed by atoms with Gasteiger partial charge >= 0.3 is 6.09 Å². The first-order valence-corrected chi connectivity index (χ1v) is 8.18. The molecule has 0 spiro atoms. The Morgan fingerprint density at radius 3 is 2.71 bits per heavy atom. The molecule has 1 heterocycles. The first-order valence-electron chi connectivity index (χ1n) is 8.18. The summed E-state index contributed by atoms with van der Waals surface area (Å²) < 4.78 is 5.26. The van der Waals surface area contributed by atoms with Crippen LogP contribution in [0.4, 0.5) is 4.79 Å². The smallest absolute Gasteiger partial charge is 0.407 e. The van der Waals surface area contributed by atoms with Crippen LogP contribution in [0.15, 0.2) is 0 Å². The van der Waals surface area contributed by atoms with Gasteiger partial charge in [-0.1, -0.05) is 0 Å². The standard InChI is InChI=1S/C16H33N3O2/c1-13(18-15(20)21-16(2,3)4)8-10-17-14-7-6-11-19(5)12-9-14/h13-14,17H,6-12H2,1-5H3,(H,18,20). The number of nitrogens with one attached hydrogen (secondary N) is 2. The van der Waals surface area contributed by atoms with Crippen LogP contribution in [0.5, 0.6) is 0 Å². The first-order chi connectivity index (χ1) is 9.76. The van der Waals surface area contributed by atoms with Gasteiger partial charge in [-0.25, -0.2) is 4.79 Å². The maximum absolute atomic E-state index is 11.7. The zero-order valence-electron chi connectivity index (χ0n) is 14.4. The lowest BCUT2D eigenvalue weighted by Gasteiger charge is -2.22. The van der Waals surface area contributed by atoms with Crippen molar-refractivity contribution in [2.75, 3.05) is 26.7 Å². The highest BCUT2D eigenvalue weighted by Gasteiger charge is 2.18. The highest BCUT2D eigenvalue weighted by molar-refractivity contribution is 5.67. The average Bonchev–Trinajstić information content (AvgIpc) is 2.51. The van der Waals surface area contributed by atoms with Gasteiger partial charge in [0.1, 0.15) is 5.60 Å². The van der Waals surface area contributed by atoms with Crippen LogP contribution in [0.2, 0.25) is 0 Å². The highest BCUT2D eigenvalue weighted by atomic mass is 16.6. The molecule has 0 aromatic carbocycles. The summed E-state index contributed by atoms with van der Waals surface area (Å²) >= 11 is 0. The molecule has 1 rings (SSSR count). The quantitative estimate of drug-likeness (QED) is 0.818. The molecule has 1 amide bonds. The molecule has 0 aromatic rings. The number of hydrogen-bond acceptors (Lipinski definition) is 4. The van der Waals surface area contributed by atoms with Crippen molar-refractivity contribution in [3.63, 3.8) is 0 Å². The van der Waals surface area contributed by atoms with Gasteiger partial charge < -0.3 is 20.3 Å². The number of rotatable bonds is 5. The molecule has 5 nitrogen and oxygen atoms in total. The summed E-state index contributed by atoms with van der Waals surface area (Å²) in [5.41, 5.74) is -0.436. The number of carbonyl (C=O) groups is 1. The molecule has 2 unspecified atom stereocenters. The van der Waals surface area contributed by atoms with E-state index < -0.39 is 5.60 Å². The van der Waals surface area contributed by atoms with Crippen molar-refractivity contribution in [3.05, 3.63) is 0 Å². The van der Waals surface area contributed by atoms with Crippen LogP contribution in [-0.4, -0.2) is 55.4 Å². The molecule has 21 heavy (non-hydrogen) atoms. The fourth-order valence-corrected chi connectivity index (χ4v) is 2.53. The Morgan fingerprint density at radius 2 is 2.05 bits per heavy atom. The molecule has 0 aromatic heterocycles. The molecule has 0 radical (unpaired) electrons. The van der Waals surface area contributed by atoms with E-state index in [1.54, 1.807) is 0 Å². The van der Waals surface area contributed by atoms with Crippen LogP contribution in [0.1, 0.15) is 53.4 Å². The molecule has 2 N–H and O–H groups in total. The van der Waals surface area contributed by atoms with Crippen LogP contribution in [-0.2, 0) is 4.74 Å². The Kier molecular flexibility index (Phi) is 7.46. The Labute approximate surface area is 129 Å². The minimum absolute atomic E-state index is 0.126. The number of amides is 1. The average molecular weight is 299 g/mol. The normalized spacial score (nSPS) is 22.4. The van der Waals surface area contributed by atoms with Gasteiger partial charge in [-0.3, -0.25) is 0 Å². The third-order valence-electron chi connectivity index (χ3n) is 3.73. The van der Waals surface area contributed by atoms with Crippen molar-refractivity contribution in [1.29, 1.82) is 0 Å². The SMILES string of the molecule is CC(CCNC1CCCN(C)CC1)NC(=O)OC(C)(C)C. The fourth-order valence-electron chi connectivity index (χ4n) is 2.53. The monoisotopic (exact) mass is 299 g/mol. The minimum Gasteiger partial charge on any atom is -0.444 e. The van der Waals surface area contributed by atoms with Gasteiger partial charge in [0.2, 0.25) is 0 Å². The van der Waals surface area contributed by atoms with E-state index in [2.05, 4.69) is 22.6 Å². The van der Waals surface area contributed by atoms with Crippen LogP contribution < -0.4 is 10.6 Å². The summed E-state index contributed by atoms with van der Waals surface area (Å²) in [6.07, 6.45) is 4.32. The molecule has 1 fully saturated rings. The molecule has 1 saturated heterocycles. The predicted molar refractivity (Wildman–Crippen MR) is 86.6 cm³/mol. The molecule has 2 atom stereocenters. The van der Waals surface area contributed by atoms with Gasteiger partial charge in [0, 0.05) is 12.1 Å². The van der Waals surface area contributed by atoms with Crippen LogP contribution in [0.25, 0.3) is 0 Å². The summed E-state index contributed by atoms with van der Waals surface area (Å²) in [6.45, 7) is 11.0. The summed E-state index contributed by atoms with van der Waals surface area (Å²) in [5.74, 6) is 0. The second-order valence-corrected chi connectivity index (χ2v) is 7.22. The molecule has 0 saturated carbocycles. The van der Waals surface area contributed by atoms with E-state index in [1.165, 1.54) is 32.4 Å². The molecular formula is C16H33N3O2. The zero-order chi connectivity index (χ0) is 15.9. The summed E-state index contributed by atoms with van der Waals surface area (Å²) in [5, 5.41) is 6.50. The molecule has 124 valence electrons. The fraction of sp³-hybridized carbons (Fsp3) is 0.938. The zero-order valence-corrected chi connectivity index (χ0v) is 14.4. The second-order valence-electron chi connectivity index (χ2n) is 7.22. The van der Waals surface area contributed by atoms with E-state index in [0.29, 0.717) is 6.04 Å². The topological polar surface area (TPSA) is 53.6 Å². The van der Waals surface area contributed by atoms with Crippen LogP contribution >= 0.6 is 0 Å². The third kappa shape index (κ3) is 8.94. The minimum atomic E-state index is -0.436. The Hall–Kier alpha value is -0.810. The first kappa shape index (κ1) is 18.2. The second kappa shape index (κ2) is 8.59. The summed E-state index contributed by atoms with van der Waals surface area (Å²) in [4.78, 5) is 14.1. The lowest BCUT2D eigenvalue weighted by molar-refractivity contribution is 0.0506. The number of hydrogen-bond donors (Lipinski definition) is 2. The van der Waals surface area contributed by atoms with Gasteiger partial charge in [0.15, 0.2) is 0 Å². The highest BCUT2D eigenvalue weighted by Crippen LogP contribution is 2.10. The lowest BCUT2D eigenvalue weighted by Crippen LogP contribution is -2.40. The van der Waals surface area contributed by atoms with E-state index >= 15 is 0 Å².